The van der Waals surface area contributed by atoms with Gasteiger partial charge in [-0.3, -0.25) is 0 Å². The van der Waals surface area contributed by atoms with Crippen molar-refractivity contribution in [1.29, 1.82) is 0 Å². The van der Waals surface area contributed by atoms with E-state index in [4.69, 9.17) is 0 Å². The molecular formula is C31H48N12. The molecule has 12 nitrogen and oxygen atoms in total. The van der Waals surface area contributed by atoms with Gasteiger partial charge >= 0.3 is 11.9 Å². The van der Waals surface area contributed by atoms with Crippen molar-refractivity contribution in [3.63, 3.8) is 0 Å². The molecule has 0 amide bonds. The van der Waals surface area contributed by atoms with Gasteiger partial charge in [0.15, 0.2) is 0 Å². The molecule has 0 aliphatic heterocycles. The third kappa shape index (κ3) is 8.76. The summed E-state index contributed by atoms with van der Waals surface area (Å²) in [6.45, 7) is 6.25. The third-order valence-corrected chi connectivity index (χ3v) is 7.19. The molecular weight excluding hydrogens is 540 g/mol. The van der Waals surface area contributed by atoms with Crippen molar-refractivity contribution in [3.8, 4) is 0 Å². The zero-order valence-corrected chi connectivity index (χ0v) is 27.5. The van der Waals surface area contributed by atoms with Crippen molar-refractivity contribution in [2.75, 3.05) is 37.0 Å². The number of aryl methyl sites for hydroxylation is 6. The van der Waals surface area contributed by atoms with E-state index in [0.717, 1.165) is 43.7 Å². The Bertz CT molecular complexity index is 1380. The van der Waals surface area contributed by atoms with Gasteiger partial charge in [0.2, 0.25) is 12.7 Å². The van der Waals surface area contributed by atoms with Crippen LogP contribution in [-0.2, 0) is 28.2 Å². The van der Waals surface area contributed by atoms with Crippen molar-refractivity contribution in [3.05, 3.63) is 75.0 Å². The van der Waals surface area contributed by atoms with E-state index in [-0.39, 0.29) is 14.9 Å². The maximum atomic E-state index is 4.40. The highest BCUT2D eigenvalue weighted by atomic mass is 15.4. The molecule has 0 atom stereocenters. The fourth-order valence-electron chi connectivity index (χ4n) is 4.82. The number of nitrogens with zero attached hydrogens (tertiary/aromatic N) is 12. The molecule has 232 valence electrons. The lowest BCUT2D eigenvalue weighted by molar-refractivity contribution is -0.659. The van der Waals surface area contributed by atoms with Gasteiger partial charge in [0, 0.05) is 48.8 Å². The molecule has 0 fully saturated rings. The zero-order chi connectivity index (χ0) is 29.5. The summed E-state index contributed by atoms with van der Waals surface area (Å²) < 4.78 is 7.08. The van der Waals surface area contributed by atoms with E-state index in [9.17, 15) is 0 Å². The van der Waals surface area contributed by atoms with Gasteiger partial charge in [0.05, 0.1) is 39.6 Å². The first-order chi connectivity index (χ1) is 19.6. The molecule has 4 rings (SSSR count). The molecule has 4 aromatic rings. The molecule has 0 aliphatic rings. The molecule has 2 aromatic heterocycles. The van der Waals surface area contributed by atoms with Crippen LogP contribution < -0.4 is 18.9 Å². The number of azo groups is 2. The van der Waals surface area contributed by atoms with Crippen LogP contribution in [-0.4, -0.2) is 46.7 Å². The van der Waals surface area contributed by atoms with Gasteiger partial charge in [-0.1, -0.05) is 10.2 Å². The summed E-state index contributed by atoms with van der Waals surface area (Å²) in [5.41, 5.74) is 6.47. The summed E-state index contributed by atoms with van der Waals surface area (Å²) >= 11 is 0. The van der Waals surface area contributed by atoms with E-state index in [1.165, 1.54) is 22.5 Å². The van der Waals surface area contributed by atoms with Gasteiger partial charge in [0.25, 0.3) is 0 Å². The van der Waals surface area contributed by atoms with Crippen LogP contribution in [0.4, 0.5) is 34.6 Å². The molecule has 2 aromatic carbocycles. The molecule has 0 saturated carbocycles. The summed E-state index contributed by atoms with van der Waals surface area (Å²) in [5, 5.41) is 25.9. The van der Waals surface area contributed by atoms with Gasteiger partial charge in [0.1, 0.15) is 0 Å². The van der Waals surface area contributed by atoms with Crippen LogP contribution in [0.25, 0.3) is 0 Å². The fraction of sp³-hybridized carbons (Fsp3) is 0.419. The van der Waals surface area contributed by atoms with Gasteiger partial charge in [-0.25, -0.2) is 9.13 Å². The number of benzene rings is 2. The van der Waals surface area contributed by atoms with Crippen molar-refractivity contribution < 1.29 is 9.13 Å². The lowest BCUT2D eigenvalue weighted by Gasteiger charge is -2.23. The fourth-order valence-corrected chi connectivity index (χ4v) is 4.82. The van der Waals surface area contributed by atoms with Crippen LogP contribution in [0.5, 0.6) is 0 Å². The van der Waals surface area contributed by atoms with Crippen molar-refractivity contribution in [1.82, 2.24) is 19.6 Å². The lowest BCUT2D eigenvalue weighted by atomic mass is 10.1. The summed E-state index contributed by atoms with van der Waals surface area (Å²) in [7, 11) is 11.8. The molecule has 43 heavy (non-hydrogen) atoms. The molecule has 12 heteroatoms. The zero-order valence-electron chi connectivity index (χ0n) is 27.5. The molecule has 0 unspecified atom stereocenters. The summed E-state index contributed by atoms with van der Waals surface area (Å²) in [6.07, 6.45) is 6.86. The predicted molar refractivity (Wildman–Crippen MR) is 173 cm³/mol. The molecule has 0 spiro atoms. The Morgan fingerprint density at radius 2 is 1.05 bits per heavy atom. The Morgan fingerprint density at radius 1 is 0.651 bits per heavy atom. The van der Waals surface area contributed by atoms with Crippen LogP contribution in [0.2, 0.25) is 0 Å². The van der Waals surface area contributed by atoms with Gasteiger partial charge in [-0.2, -0.15) is 0 Å². The highest BCUT2D eigenvalue weighted by Crippen LogP contribution is 2.27. The van der Waals surface area contributed by atoms with E-state index in [2.05, 4.69) is 92.7 Å². The SMILES string of the molecule is Cc1cc(N=Nc2n(C)nc[n+]2C)ccc1N(C)CCCCCN(C)c1ccc(N=Nc2n(C)nc[n+]2C)cc1C.[CH3-].[CH3-]. The Kier molecular flexibility index (Phi) is 12.6. The largest absolute Gasteiger partial charge is 0.403 e. The molecule has 0 bridgehead atoms. The highest BCUT2D eigenvalue weighted by molar-refractivity contribution is 5.59. The Labute approximate surface area is 257 Å². The summed E-state index contributed by atoms with van der Waals surface area (Å²) in [4.78, 5) is 4.65. The number of rotatable bonds is 12. The maximum Gasteiger partial charge on any atom is 0.403 e. The Balaban J connectivity index is 0.00000323. The van der Waals surface area contributed by atoms with E-state index in [1.54, 1.807) is 22.0 Å². The second-order valence-electron chi connectivity index (χ2n) is 10.6. The smallest absolute Gasteiger partial charge is 0.374 e. The van der Waals surface area contributed by atoms with E-state index in [0.29, 0.717) is 11.9 Å². The van der Waals surface area contributed by atoms with Gasteiger partial charge < -0.3 is 24.7 Å². The maximum absolute atomic E-state index is 4.40. The number of hydrogen-bond acceptors (Lipinski definition) is 8. The van der Waals surface area contributed by atoms with Crippen LogP contribution in [0.15, 0.2) is 69.5 Å². The average molecular weight is 589 g/mol. The minimum atomic E-state index is 0. The Morgan fingerprint density at radius 3 is 1.37 bits per heavy atom. The molecule has 2 heterocycles. The quantitative estimate of drug-likeness (QED) is 0.0891. The molecule has 0 N–H and O–H groups in total. The molecule has 0 radical (unpaired) electrons. The predicted octanol–water partition coefficient (Wildman–Crippen LogP) is 5.89. The van der Waals surface area contributed by atoms with E-state index in [1.807, 2.05) is 49.5 Å². The van der Waals surface area contributed by atoms with Gasteiger partial charge in [-0.15, -0.1) is 9.36 Å². The number of hydrogen-bond donors (Lipinski definition) is 0. The second-order valence-corrected chi connectivity index (χ2v) is 10.6. The first kappa shape index (κ1) is 34.7. The second kappa shape index (κ2) is 15.7. The van der Waals surface area contributed by atoms with Crippen LogP contribution in [0.1, 0.15) is 30.4 Å². The first-order valence-electron chi connectivity index (χ1n) is 13.9. The monoisotopic (exact) mass is 588 g/mol. The number of aromatic nitrogens is 6. The first-order valence-corrected chi connectivity index (χ1v) is 13.9. The minimum Gasteiger partial charge on any atom is -0.374 e. The summed E-state index contributed by atoms with van der Waals surface area (Å²) in [6, 6.07) is 12.4. The van der Waals surface area contributed by atoms with Gasteiger partial charge in [-0.05, 0) is 90.8 Å². The molecule has 0 saturated heterocycles. The van der Waals surface area contributed by atoms with E-state index < -0.39 is 0 Å². The van der Waals surface area contributed by atoms with Crippen molar-refractivity contribution in [2.24, 2.45) is 48.6 Å². The average Bonchev–Trinajstić information content (AvgIpc) is 3.44. The van der Waals surface area contributed by atoms with Crippen molar-refractivity contribution in [2.45, 2.75) is 33.1 Å². The van der Waals surface area contributed by atoms with Crippen molar-refractivity contribution >= 4 is 34.6 Å². The minimum absolute atomic E-state index is 0. The summed E-state index contributed by atoms with van der Waals surface area (Å²) in [5.74, 6) is 1.39. The lowest BCUT2D eigenvalue weighted by Crippen LogP contribution is -2.25. The topological polar surface area (TPSA) is 99.3 Å². The van der Waals surface area contributed by atoms with Crippen LogP contribution in [0, 0.1) is 28.7 Å². The normalized spacial score (nSPS) is 11.2. The molecule has 0 aliphatic carbocycles. The van der Waals surface area contributed by atoms with Crippen LogP contribution >= 0.6 is 0 Å². The van der Waals surface area contributed by atoms with Crippen LogP contribution in [0.3, 0.4) is 0 Å². The third-order valence-electron chi connectivity index (χ3n) is 7.19. The number of unbranched alkanes of at least 4 members (excludes halogenated alkanes) is 2. The Hall–Kier alpha value is -4.48. The standard InChI is InChI=1S/C29H42N12.2CH3/c1-22-18-24(32-34-28-38(5)20-30-40(28)7)12-14-26(22)36(3)16-10-9-11-17-37(4)27-15-13-25(19-23(27)2)33-35-29-39(6)21-31-41(29)8;;/h12-15,18-21H,9-11,16-17H2,1-8H3;2*1H3/q+2;2*-1. The van der Waals surface area contributed by atoms with E-state index >= 15 is 0 Å². The number of anilines is 2. The highest BCUT2D eigenvalue weighted by Gasteiger charge is 2.13.